The third-order valence-corrected chi connectivity index (χ3v) is 8.21. The molecule has 37 heavy (non-hydrogen) atoms. The molecule has 1 aliphatic rings. The van der Waals surface area contributed by atoms with E-state index in [1.54, 1.807) is 36.7 Å². The Morgan fingerprint density at radius 1 is 1.08 bits per heavy atom. The van der Waals surface area contributed by atoms with Crippen LogP contribution in [0.25, 0.3) is 0 Å². The number of sulfonamides is 1. The molecular formula is C26H28ClN5O4S. The van der Waals surface area contributed by atoms with Gasteiger partial charge in [-0.3, -0.25) is 19.6 Å². The Labute approximate surface area is 221 Å². The predicted octanol–water partition coefficient (Wildman–Crippen LogP) is 3.23. The van der Waals surface area contributed by atoms with Crippen molar-refractivity contribution in [3.8, 4) is 0 Å². The van der Waals surface area contributed by atoms with Gasteiger partial charge in [0.1, 0.15) is 6.04 Å². The third kappa shape index (κ3) is 6.71. The molecule has 1 aromatic heterocycles. The minimum Gasteiger partial charge on any atom is -0.355 e. The van der Waals surface area contributed by atoms with Gasteiger partial charge in [0.15, 0.2) is 0 Å². The second-order valence-corrected chi connectivity index (χ2v) is 11.2. The van der Waals surface area contributed by atoms with Crippen LogP contribution in [0.3, 0.4) is 0 Å². The van der Waals surface area contributed by atoms with Gasteiger partial charge in [0, 0.05) is 29.9 Å². The lowest BCUT2D eigenvalue weighted by Gasteiger charge is -2.29. The summed E-state index contributed by atoms with van der Waals surface area (Å²) in [4.78, 5) is 33.9. The molecule has 2 aromatic carbocycles. The molecule has 0 spiro atoms. The van der Waals surface area contributed by atoms with Crippen molar-refractivity contribution in [1.29, 1.82) is 0 Å². The Balaban J connectivity index is 1.53. The summed E-state index contributed by atoms with van der Waals surface area (Å²) in [5.41, 5.74) is 2.50. The van der Waals surface area contributed by atoms with Gasteiger partial charge in [-0.05, 0) is 68.1 Å². The zero-order valence-corrected chi connectivity index (χ0v) is 21.9. The minimum atomic E-state index is -4.01. The molecular weight excluding hydrogens is 514 g/mol. The number of nitrogens with zero attached hydrogens (tertiary/aromatic N) is 3. The van der Waals surface area contributed by atoms with Gasteiger partial charge in [-0.25, -0.2) is 8.42 Å². The molecule has 4 rings (SSSR count). The van der Waals surface area contributed by atoms with E-state index in [1.165, 1.54) is 28.6 Å². The number of carbonyl (C=O) groups excluding carboxylic acids is 2. The van der Waals surface area contributed by atoms with Crippen molar-refractivity contribution in [3.05, 3.63) is 88.5 Å². The van der Waals surface area contributed by atoms with Crippen molar-refractivity contribution in [3.63, 3.8) is 0 Å². The SMILES string of the molecule is Cc1cnc(CNC(=O)c2ccc(CN([C@@H]3CCCCNC3=O)S(=O)(=O)c3ccc(Cl)cc3)cc2)cn1. The standard InChI is InChI=1S/C26H28ClN5O4S/c1-18-14-30-22(15-29-18)16-31-25(33)20-7-5-19(6-8-20)17-32(24-4-2-3-13-28-26(24)34)37(35,36)23-11-9-21(27)10-12-23/h5-12,14-15,24H,2-4,13,16-17H2,1H3,(H,28,34)(H,31,33)/t24-/m1/s1. The second kappa shape index (κ2) is 11.8. The van der Waals surface area contributed by atoms with Crippen molar-refractivity contribution in [2.75, 3.05) is 6.54 Å². The largest absolute Gasteiger partial charge is 0.355 e. The lowest BCUT2D eigenvalue weighted by atomic mass is 10.1. The average Bonchev–Trinajstić information content (AvgIpc) is 3.11. The van der Waals surface area contributed by atoms with Crippen LogP contribution in [0.5, 0.6) is 0 Å². The molecule has 1 fully saturated rings. The van der Waals surface area contributed by atoms with Crippen molar-refractivity contribution in [2.24, 2.45) is 0 Å². The summed E-state index contributed by atoms with van der Waals surface area (Å²) in [6.07, 6.45) is 5.17. The number of hydrogen-bond donors (Lipinski definition) is 2. The van der Waals surface area contributed by atoms with Crippen LogP contribution < -0.4 is 10.6 Å². The number of nitrogens with one attached hydrogen (secondary N) is 2. The van der Waals surface area contributed by atoms with Crippen molar-refractivity contribution < 1.29 is 18.0 Å². The van der Waals surface area contributed by atoms with Crippen LogP contribution in [0.1, 0.15) is 46.6 Å². The van der Waals surface area contributed by atoms with Crippen molar-refractivity contribution >= 4 is 33.4 Å². The van der Waals surface area contributed by atoms with E-state index in [-0.39, 0.29) is 29.8 Å². The molecule has 0 bridgehead atoms. The Morgan fingerprint density at radius 2 is 1.81 bits per heavy atom. The number of halogens is 1. The highest BCUT2D eigenvalue weighted by atomic mass is 35.5. The minimum absolute atomic E-state index is 0.0239. The quantitative estimate of drug-likeness (QED) is 0.451. The first kappa shape index (κ1) is 26.7. The van der Waals surface area contributed by atoms with Crippen LogP contribution in [-0.2, 0) is 27.9 Å². The maximum absolute atomic E-state index is 13.6. The van der Waals surface area contributed by atoms with Gasteiger partial charge >= 0.3 is 0 Å². The molecule has 1 saturated heterocycles. The van der Waals surface area contributed by atoms with Gasteiger partial charge in [-0.1, -0.05) is 23.7 Å². The average molecular weight is 542 g/mol. The van der Waals surface area contributed by atoms with Crippen LogP contribution in [0, 0.1) is 6.92 Å². The maximum atomic E-state index is 13.6. The van der Waals surface area contributed by atoms with E-state index < -0.39 is 16.1 Å². The smallest absolute Gasteiger partial charge is 0.251 e. The maximum Gasteiger partial charge on any atom is 0.251 e. The Kier molecular flexibility index (Phi) is 8.52. The number of benzene rings is 2. The molecule has 1 atom stereocenters. The zero-order valence-electron chi connectivity index (χ0n) is 20.4. The van der Waals surface area contributed by atoms with E-state index in [1.807, 2.05) is 6.92 Å². The molecule has 0 saturated carbocycles. The highest BCUT2D eigenvalue weighted by molar-refractivity contribution is 7.89. The Hall–Kier alpha value is -3.34. The summed E-state index contributed by atoms with van der Waals surface area (Å²) in [5, 5.41) is 6.04. The first-order valence-corrected chi connectivity index (χ1v) is 13.8. The monoisotopic (exact) mass is 541 g/mol. The lowest BCUT2D eigenvalue weighted by molar-refractivity contribution is -0.124. The summed E-state index contributed by atoms with van der Waals surface area (Å²) in [5.74, 6) is -0.604. The molecule has 11 heteroatoms. The first-order valence-electron chi connectivity index (χ1n) is 11.9. The van der Waals surface area contributed by atoms with Crippen molar-refractivity contribution in [2.45, 2.75) is 50.2 Å². The number of hydrogen-bond acceptors (Lipinski definition) is 6. The topological polar surface area (TPSA) is 121 Å². The molecule has 2 N–H and O–H groups in total. The number of aromatic nitrogens is 2. The van der Waals surface area contributed by atoms with Gasteiger partial charge in [0.2, 0.25) is 15.9 Å². The second-order valence-electron chi connectivity index (χ2n) is 8.84. The van der Waals surface area contributed by atoms with Crippen LogP contribution >= 0.6 is 11.6 Å². The summed E-state index contributed by atoms with van der Waals surface area (Å²) < 4.78 is 28.5. The molecule has 3 aromatic rings. The van der Waals surface area contributed by atoms with E-state index in [0.29, 0.717) is 34.8 Å². The molecule has 9 nitrogen and oxygen atoms in total. The van der Waals surface area contributed by atoms with Gasteiger partial charge < -0.3 is 10.6 Å². The molecule has 0 unspecified atom stereocenters. The normalized spacial score (nSPS) is 16.2. The van der Waals surface area contributed by atoms with E-state index in [0.717, 1.165) is 18.5 Å². The van der Waals surface area contributed by atoms with E-state index in [4.69, 9.17) is 11.6 Å². The van der Waals surface area contributed by atoms with Gasteiger partial charge in [0.05, 0.1) is 29.0 Å². The van der Waals surface area contributed by atoms with Gasteiger partial charge in [-0.2, -0.15) is 4.31 Å². The predicted molar refractivity (Wildman–Crippen MR) is 139 cm³/mol. The van der Waals surface area contributed by atoms with Crippen LogP contribution in [0.2, 0.25) is 5.02 Å². The third-order valence-electron chi connectivity index (χ3n) is 6.09. The van der Waals surface area contributed by atoms with E-state index in [9.17, 15) is 18.0 Å². The Bertz CT molecular complexity index is 1350. The fourth-order valence-corrected chi connectivity index (χ4v) is 5.76. The summed E-state index contributed by atoms with van der Waals surface area (Å²) in [6, 6.07) is 11.7. The van der Waals surface area contributed by atoms with Crippen LogP contribution in [0.15, 0.2) is 65.8 Å². The zero-order chi connectivity index (χ0) is 26.4. The molecule has 0 aliphatic carbocycles. The summed E-state index contributed by atoms with van der Waals surface area (Å²) in [6.45, 7) is 2.56. The van der Waals surface area contributed by atoms with Crippen molar-refractivity contribution in [1.82, 2.24) is 24.9 Å². The van der Waals surface area contributed by atoms with Crippen LogP contribution in [-0.4, -0.2) is 47.1 Å². The Morgan fingerprint density at radius 3 is 2.49 bits per heavy atom. The molecule has 0 radical (unpaired) electrons. The summed E-state index contributed by atoms with van der Waals surface area (Å²) >= 11 is 5.96. The number of amides is 2. The fourth-order valence-electron chi connectivity index (χ4n) is 4.03. The van der Waals surface area contributed by atoms with E-state index in [2.05, 4.69) is 20.6 Å². The summed E-state index contributed by atoms with van der Waals surface area (Å²) in [7, 11) is -4.01. The number of aryl methyl sites for hydroxylation is 1. The van der Waals surface area contributed by atoms with Crippen LogP contribution in [0.4, 0.5) is 0 Å². The molecule has 1 aliphatic heterocycles. The van der Waals surface area contributed by atoms with Gasteiger partial charge in [0.25, 0.3) is 5.91 Å². The molecule has 2 amide bonds. The highest BCUT2D eigenvalue weighted by Gasteiger charge is 2.36. The number of rotatable bonds is 8. The fraction of sp³-hybridized carbons (Fsp3) is 0.308. The molecule has 194 valence electrons. The lowest BCUT2D eigenvalue weighted by Crippen LogP contribution is -2.48. The highest BCUT2D eigenvalue weighted by Crippen LogP contribution is 2.26. The molecule has 2 heterocycles. The van der Waals surface area contributed by atoms with Gasteiger partial charge in [-0.15, -0.1) is 0 Å². The first-order chi connectivity index (χ1) is 17.7. The number of carbonyl (C=O) groups is 2. The van der Waals surface area contributed by atoms with E-state index >= 15 is 0 Å².